The topological polar surface area (TPSA) is 6.48 Å². The fourth-order valence-corrected chi connectivity index (χ4v) is 11.6. The third-order valence-corrected chi connectivity index (χ3v) is 13.6. The zero-order valence-corrected chi connectivity index (χ0v) is 26.4. The minimum atomic E-state index is 0.164. The van der Waals surface area contributed by atoms with Crippen LogP contribution in [0.25, 0.3) is 11.1 Å². The molecule has 4 unspecified atom stereocenters. The third-order valence-electron chi connectivity index (χ3n) is 13.6. The maximum atomic E-state index is 2.62. The van der Waals surface area contributed by atoms with Gasteiger partial charge < -0.3 is 9.80 Å². The van der Waals surface area contributed by atoms with E-state index in [0.29, 0.717) is 10.8 Å². The number of nitrogens with zero attached hydrogens (tertiary/aromatic N) is 2. The molecule has 0 bridgehead atoms. The van der Waals surface area contributed by atoms with Crippen LogP contribution in [-0.4, -0.2) is 6.71 Å². The van der Waals surface area contributed by atoms with Crippen molar-refractivity contribution in [1.82, 2.24) is 0 Å². The Labute approximate surface area is 276 Å². The Morgan fingerprint density at radius 2 is 1.17 bits per heavy atom. The van der Waals surface area contributed by atoms with E-state index in [9.17, 15) is 0 Å². The fraction of sp³-hybridized carbons (Fsp3) is 0.182. The highest BCUT2D eigenvalue weighted by atomic mass is 15.2. The standard InChI is InChI=1S/C44H33BN2/c1-42-27-43(42)25-28(43)26-44(42)33-15-6-5-14-31(33)32-24-30(22-23-34(32)44)47-38-19-10-8-17-36(38)45-35-16-7-9-18-37(35)46(29-12-3-2-4-13-29)39-20-11-21-40(47)41(39)45/h2-24,28H,25-27H2,1H3. The second-order valence-electron chi connectivity index (χ2n) is 15.2. The van der Waals surface area contributed by atoms with Crippen LogP contribution in [0.15, 0.2) is 140 Å². The number of fused-ring (bicyclic) bond motifs is 10. The predicted molar refractivity (Wildman–Crippen MR) is 195 cm³/mol. The molecule has 47 heavy (non-hydrogen) atoms. The minimum absolute atomic E-state index is 0.164. The van der Waals surface area contributed by atoms with Crippen molar-refractivity contribution in [3.63, 3.8) is 0 Å². The second-order valence-corrected chi connectivity index (χ2v) is 15.2. The molecule has 2 nitrogen and oxygen atoms in total. The van der Waals surface area contributed by atoms with Crippen LogP contribution in [0.1, 0.15) is 37.3 Å². The zero-order chi connectivity index (χ0) is 30.7. The molecule has 0 radical (unpaired) electrons. The molecule has 6 aromatic carbocycles. The van der Waals surface area contributed by atoms with Crippen LogP contribution in [0.5, 0.6) is 0 Å². The summed E-state index contributed by atoms with van der Waals surface area (Å²) in [5, 5.41) is 0. The highest BCUT2D eigenvalue weighted by molar-refractivity contribution is 7.00. The van der Waals surface area contributed by atoms with Gasteiger partial charge in [0.2, 0.25) is 0 Å². The summed E-state index contributed by atoms with van der Waals surface area (Å²) in [6, 6.07) is 52.8. The van der Waals surface area contributed by atoms with Gasteiger partial charge in [-0.2, -0.15) is 0 Å². The van der Waals surface area contributed by atoms with Gasteiger partial charge in [-0.05, 0) is 123 Å². The van der Waals surface area contributed by atoms with Crippen LogP contribution in [0.3, 0.4) is 0 Å². The van der Waals surface area contributed by atoms with Crippen molar-refractivity contribution in [1.29, 1.82) is 0 Å². The quantitative estimate of drug-likeness (QED) is 0.183. The third kappa shape index (κ3) is 2.73. The molecule has 2 heterocycles. The van der Waals surface area contributed by atoms with Crippen LogP contribution >= 0.6 is 0 Å². The van der Waals surface area contributed by atoms with E-state index >= 15 is 0 Å². The molecular formula is C44H33BN2. The maximum absolute atomic E-state index is 2.62. The summed E-state index contributed by atoms with van der Waals surface area (Å²) in [7, 11) is 0. The lowest BCUT2D eigenvalue weighted by molar-refractivity contribution is 0.317. The van der Waals surface area contributed by atoms with Crippen LogP contribution in [0.2, 0.25) is 0 Å². The van der Waals surface area contributed by atoms with E-state index in [2.05, 4.69) is 156 Å². The van der Waals surface area contributed by atoms with Gasteiger partial charge in [0.25, 0.3) is 6.71 Å². The van der Waals surface area contributed by atoms with Gasteiger partial charge in [-0.1, -0.05) is 97.9 Å². The van der Waals surface area contributed by atoms with Gasteiger partial charge in [0, 0.05) is 39.5 Å². The van der Waals surface area contributed by atoms with Crippen molar-refractivity contribution in [2.24, 2.45) is 16.7 Å². The number of hydrogen-bond donors (Lipinski definition) is 0. The molecule has 6 aliphatic rings. The summed E-state index contributed by atoms with van der Waals surface area (Å²) >= 11 is 0. The SMILES string of the molecule is CC12CC13CC3CC21c2ccccc2-c2cc(N3c4ccccc4B4c5ccccc5N(c5ccccc5)c5cccc3c54)ccc21. The molecule has 6 aromatic rings. The molecule has 3 heteroatoms. The largest absolute Gasteiger partial charge is 0.311 e. The number of anilines is 6. The number of hydrogen-bond acceptors (Lipinski definition) is 2. The molecular weight excluding hydrogens is 567 g/mol. The molecule has 0 amide bonds. The van der Waals surface area contributed by atoms with Crippen molar-refractivity contribution < 1.29 is 0 Å². The summed E-state index contributed by atoms with van der Waals surface area (Å²) in [6.45, 7) is 2.78. The molecule has 0 N–H and O–H groups in total. The van der Waals surface area contributed by atoms with Gasteiger partial charge in [0.05, 0.1) is 0 Å². The lowest BCUT2D eigenvalue weighted by Crippen LogP contribution is -2.61. The van der Waals surface area contributed by atoms with E-state index in [4.69, 9.17) is 0 Å². The average molecular weight is 601 g/mol. The van der Waals surface area contributed by atoms with Crippen molar-refractivity contribution in [2.75, 3.05) is 9.80 Å². The first kappa shape index (κ1) is 25.1. The lowest BCUT2D eigenvalue weighted by atomic mass is 9.33. The summed E-state index contributed by atoms with van der Waals surface area (Å²) < 4.78 is 0. The molecule has 2 spiro atoms. The smallest absolute Gasteiger partial charge is 0.252 e. The number of para-hydroxylation sites is 3. The van der Waals surface area contributed by atoms with Crippen molar-refractivity contribution in [2.45, 2.75) is 31.6 Å². The minimum Gasteiger partial charge on any atom is -0.311 e. The molecule has 4 aliphatic carbocycles. The monoisotopic (exact) mass is 600 g/mol. The summed E-state index contributed by atoms with van der Waals surface area (Å²) in [5.41, 5.74) is 18.9. The Balaban J connectivity index is 1.10. The first-order chi connectivity index (χ1) is 23.1. The number of benzene rings is 6. The van der Waals surface area contributed by atoms with Crippen molar-refractivity contribution >= 4 is 57.2 Å². The Morgan fingerprint density at radius 3 is 1.87 bits per heavy atom. The second kappa shape index (κ2) is 8.09. The average Bonchev–Trinajstić information content (AvgIpc) is 3.94. The first-order valence-corrected chi connectivity index (χ1v) is 17.4. The van der Waals surface area contributed by atoms with E-state index in [1.54, 1.807) is 11.1 Å². The Hall–Kier alpha value is -5.02. The highest BCUT2D eigenvalue weighted by Gasteiger charge is 2.89. The van der Waals surface area contributed by atoms with Crippen LogP contribution in [-0.2, 0) is 5.41 Å². The van der Waals surface area contributed by atoms with E-state index < -0.39 is 0 Å². The van der Waals surface area contributed by atoms with Gasteiger partial charge in [-0.15, -0.1) is 0 Å². The molecule has 3 fully saturated rings. The molecule has 4 atom stereocenters. The van der Waals surface area contributed by atoms with Crippen molar-refractivity contribution in [3.05, 3.63) is 151 Å². The van der Waals surface area contributed by atoms with Crippen LogP contribution < -0.4 is 26.2 Å². The Morgan fingerprint density at radius 1 is 0.553 bits per heavy atom. The summed E-state index contributed by atoms with van der Waals surface area (Å²) in [4.78, 5) is 5.03. The van der Waals surface area contributed by atoms with E-state index in [-0.39, 0.29) is 12.1 Å². The van der Waals surface area contributed by atoms with Crippen molar-refractivity contribution in [3.8, 4) is 11.1 Å². The fourth-order valence-electron chi connectivity index (χ4n) is 11.6. The maximum Gasteiger partial charge on any atom is 0.252 e. The normalized spacial score (nSPS) is 27.3. The van der Waals surface area contributed by atoms with Gasteiger partial charge in [-0.25, -0.2) is 0 Å². The Kier molecular flexibility index (Phi) is 4.33. The molecule has 2 aliphatic heterocycles. The molecule has 3 saturated carbocycles. The number of rotatable bonds is 2. The van der Waals surface area contributed by atoms with Gasteiger partial charge >= 0.3 is 0 Å². The molecule has 0 aromatic heterocycles. The summed E-state index contributed by atoms with van der Waals surface area (Å²) in [5.74, 6) is 0.906. The van der Waals surface area contributed by atoms with E-state index in [1.807, 2.05) is 0 Å². The molecule has 0 saturated heterocycles. The highest BCUT2D eigenvalue weighted by Crippen LogP contribution is 2.95. The Bertz CT molecular complexity index is 2360. The van der Waals surface area contributed by atoms with E-state index in [1.165, 1.54) is 80.9 Å². The summed E-state index contributed by atoms with van der Waals surface area (Å²) in [6.07, 6.45) is 4.17. The first-order valence-electron chi connectivity index (χ1n) is 17.4. The van der Waals surface area contributed by atoms with Crippen LogP contribution in [0, 0.1) is 16.7 Å². The van der Waals surface area contributed by atoms with Gasteiger partial charge in [-0.3, -0.25) is 0 Å². The lowest BCUT2D eigenvalue weighted by Gasteiger charge is -2.44. The zero-order valence-electron chi connectivity index (χ0n) is 26.4. The van der Waals surface area contributed by atoms with Gasteiger partial charge in [0.15, 0.2) is 0 Å². The van der Waals surface area contributed by atoms with Gasteiger partial charge in [0.1, 0.15) is 0 Å². The molecule has 222 valence electrons. The van der Waals surface area contributed by atoms with E-state index in [0.717, 1.165) is 5.92 Å². The molecule has 12 rings (SSSR count). The van der Waals surface area contributed by atoms with Crippen LogP contribution in [0.4, 0.5) is 34.1 Å². The predicted octanol–water partition coefficient (Wildman–Crippen LogP) is 8.86.